The van der Waals surface area contributed by atoms with Crippen molar-refractivity contribution in [2.24, 2.45) is 5.41 Å². The number of nitrogens with zero attached hydrogens (tertiary/aromatic N) is 3. The maximum absolute atomic E-state index is 4.40. The molecule has 1 saturated heterocycles. The van der Waals surface area contributed by atoms with E-state index < -0.39 is 0 Å². The quantitative estimate of drug-likeness (QED) is 0.803. The number of piperidine rings is 1. The zero-order valence-electron chi connectivity index (χ0n) is 11.2. The monoisotopic (exact) mass is 233 g/mol. The minimum atomic E-state index is 0.464. The lowest BCUT2D eigenvalue weighted by molar-refractivity contribution is 0.238. The van der Waals surface area contributed by atoms with Gasteiger partial charge < -0.3 is 4.90 Å². The molecule has 0 spiro atoms. The molecule has 2 heterocycles. The maximum atomic E-state index is 4.40. The third-order valence-corrected chi connectivity index (χ3v) is 3.75. The van der Waals surface area contributed by atoms with Gasteiger partial charge in [-0.05, 0) is 31.6 Å². The van der Waals surface area contributed by atoms with E-state index in [1.165, 1.54) is 25.7 Å². The second-order valence-electron chi connectivity index (χ2n) is 5.60. The lowest BCUT2D eigenvalue weighted by Crippen LogP contribution is -2.42. The lowest BCUT2D eigenvalue weighted by atomic mass is 9.78. The maximum Gasteiger partial charge on any atom is 0.132 e. The molecule has 0 amide bonds. The Balaban J connectivity index is 2.12. The molecule has 0 bridgehead atoms. The van der Waals surface area contributed by atoms with E-state index in [1.54, 1.807) is 6.33 Å². The number of rotatable bonds is 3. The molecule has 1 aliphatic rings. The van der Waals surface area contributed by atoms with Crippen LogP contribution in [0.1, 0.15) is 45.2 Å². The highest BCUT2D eigenvalue weighted by Gasteiger charge is 2.30. The molecule has 1 atom stereocenters. The normalized spacial score (nSPS) is 25.0. The molecule has 0 aliphatic carbocycles. The summed E-state index contributed by atoms with van der Waals surface area (Å²) in [6.07, 6.45) is 6.89. The number of hydrogen-bond acceptors (Lipinski definition) is 3. The predicted molar refractivity (Wildman–Crippen MR) is 71.2 cm³/mol. The van der Waals surface area contributed by atoms with Crippen LogP contribution in [0.15, 0.2) is 12.4 Å². The molecule has 1 aromatic rings. The first-order valence-corrected chi connectivity index (χ1v) is 6.66. The molecular weight excluding hydrogens is 210 g/mol. The van der Waals surface area contributed by atoms with E-state index in [0.717, 1.165) is 24.6 Å². The van der Waals surface area contributed by atoms with Crippen LogP contribution in [0.3, 0.4) is 0 Å². The zero-order chi connectivity index (χ0) is 12.3. The van der Waals surface area contributed by atoms with Crippen molar-refractivity contribution in [1.29, 1.82) is 0 Å². The van der Waals surface area contributed by atoms with Crippen LogP contribution in [0.25, 0.3) is 0 Å². The van der Waals surface area contributed by atoms with Gasteiger partial charge in [-0.3, -0.25) is 0 Å². The molecule has 0 aromatic carbocycles. The van der Waals surface area contributed by atoms with Crippen molar-refractivity contribution >= 4 is 5.82 Å². The van der Waals surface area contributed by atoms with Crippen molar-refractivity contribution in [2.75, 3.05) is 18.0 Å². The highest BCUT2D eigenvalue weighted by atomic mass is 15.2. The third kappa shape index (κ3) is 2.96. The smallest absolute Gasteiger partial charge is 0.132 e. The summed E-state index contributed by atoms with van der Waals surface area (Å²) in [6.45, 7) is 8.99. The summed E-state index contributed by atoms with van der Waals surface area (Å²) >= 11 is 0. The number of anilines is 1. The summed E-state index contributed by atoms with van der Waals surface area (Å²) in [5.41, 5.74) is 1.52. The summed E-state index contributed by atoms with van der Waals surface area (Å²) in [5.74, 6) is 1.10. The second-order valence-corrected chi connectivity index (χ2v) is 5.60. The molecule has 1 aliphatic heterocycles. The summed E-state index contributed by atoms with van der Waals surface area (Å²) in [6, 6.07) is 2.09. The minimum Gasteiger partial charge on any atom is -0.356 e. The van der Waals surface area contributed by atoms with Gasteiger partial charge >= 0.3 is 0 Å². The largest absolute Gasteiger partial charge is 0.356 e. The zero-order valence-corrected chi connectivity index (χ0v) is 11.2. The van der Waals surface area contributed by atoms with Gasteiger partial charge in [-0.2, -0.15) is 0 Å². The summed E-state index contributed by atoms with van der Waals surface area (Å²) in [4.78, 5) is 11.0. The van der Waals surface area contributed by atoms with Gasteiger partial charge in [0.05, 0.1) is 0 Å². The molecule has 0 saturated carbocycles. The Morgan fingerprint density at radius 2 is 2.24 bits per heavy atom. The van der Waals surface area contributed by atoms with E-state index in [0.29, 0.717) is 5.41 Å². The van der Waals surface area contributed by atoms with Crippen LogP contribution < -0.4 is 4.90 Å². The summed E-state index contributed by atoms with van der Waals surface area (Å²) in [5, 5.41) is 0. The van der Waals surface area contributed by atoms with Gasteiger partial charge in [0, 0.05) is 24.8 Å². The van der Waals surface area contributed by atoms with Crippen LogP contribution in [0, 0.1) is 12.3 Å². The number of aryl methyl sites for hydroxylation is 1. The highest BCUT2D eigenvalue weighted by Crippen LogP contribution is 2.35. The molecule has 2 rings (SSSR count). The predicted octanol–water partition coefficient (Wildman–Crippen LogP) is 3.19. The summed E-state index contributed by atoms with van der Waals surface area (Å²) in [7, 11) is 0. The Bertz CT molecular complexity index is 373. The molecule has 1 unspecified atom stereocenters. The van der Waals surface area contributed by atoms with Crippen molar-refractivity contribution in [3.8, 4) is 0 Å². The van der Waals surface area contributed by atoms with Crippen LogP contribution >= 0.6 is 0 Å². The average Bonchev–Trinajstić information content (AvgIpc) is 2.29. The highest BCUT2D eigenvalue weighted by molar-refractivity contribution is 5.39. The van der Waals surface area contributed by atoms with E-state index in [9.17, 15) is 0 Å². The molecule has 3 nitrogen and oxygen atoms in total. The fraction of sp³-hybridized carbons (Fsp3) is 0.714. The number of hydrogen-bond donors (Lipinski definition) is 0. The van der Waals surface area contributed by atoms with Crippen molar-refractivity contribution in [2.45, 2.75) is 46.5 Å². The Hall–Kier alpha value is -1.12. The van der Waals surface area contributed by atoms with E-state index >= 15 is 0 Å². The van der Waals surface area contributed by atoms with Gasteiger partial charge in [-0.15, -0.1) is 0 Å². The van der Waals surface area contributed by atoms with Crippen LogP contribution in [0.5, 0.6) is 0 Å². The lowest BCUT2D eigenvalue weighted by Gasteiger charge is -2.41. The van der Waals surface area contributed by atoms with Gasteiger partial charge in [-0.25, -0.2) is 9.97 Å². The first-order valence-electron chi connectivity index (χ1n) is 6.66. The van der Waals surface area contributed by atoms with Gasteiger partial charge in [0.2, 0.25) is 0 Å². The molecule has 1 fully saturated rings. The topological polar surface area (TPSA) is 29.0 Å². The van der Waals surface area contributed by atoms with Gasteiger partial charge in [0.15, 0.2) is 0 Å². The minimum absolute atomic E-state index is 0.464. The van der Waals surface area contributed by atoms with Crippen LogP contribution in [-0.4, -0.2) is 23.1 Å². The Morgan fingerprint density at radius 1 is 1.41 bits per heavy atom. The average molecular weight is 233 g/mol. The van der Waals surface area contributed by atoms with Crippen molar-refractivity contribution in [1.82, 2.24) is 9.97 Å². The van der Waals surface area contributed by atoms with E-state index in [-0.39, 0.29) is 0 Å². The van der Waals surface area contributed by atoms with Crippen molar-refractivity contribution < 1.29 is 0 Å². The van der Waals surface area contributed by atoms with Gasteiger partial charge in [0.1, 0.15) is 12.1 Å². The first kappa shape index (κ1) is 12.3. The SMILES string of the molecule is CCCC1(C)CCCN(c2cc(C)ncn2)C1. The molecule has 1 aromatic heterocycles. The first-order chi connectivity index (χ1) is 8.13. The van der Waals surface area contributed by atoms with Crippen molar-refractivity contribution in [3.05, 3.63) is 18.1 Å². The molecule has 3 heteroatoms. The fourth-order valence-electron chi connectivity index (χ4n) is 2.93. The van der Waals surface area contributed by atoms with Gasteiger partial charge in [-0.1, -0.05) is 20.3 Å². The van der Waals surface area contributed by atoms with Gasteiger partial charge in [0.25, 0.3) is 0 Å². The van der Waals surface area contributed by atoms with E-state index in [4.69, 9.17) is 0 Å². The Kier molecular flexibility index (Phi) is 3.65. The van der Waals surface area contributed by atoms with Crippen LogP contribution in [0.2, 0.25) is 0 Å². The molecule has 94 valence electrons. The van der Waals surface area contributed by atoms with Crippen LogP contribution in [-0.2, 0) is 0 Å². The van der Waals surface area contributed by atoms with E-state index in [2.05, 4.69) is 34.8 Å². The standard InChI is InChI=1S/C14H23N3/c1-4-6-14(3)7-5-8-17(10-14)13-9-12(2)15-11-16-13/h9,11H,4-8,10H2,1-3H3. The Morgan fingerprint density at radius 3 is 2.94 bits per heavy atom. The number of aromatic nitrogens is 2. The molecule has 0 radical (unpaired) electrons. The van der Waals surface area contributed by atoms with E-state index in [1.807, 2.05) is 6.92 Å². The van der Waals surface area contributed by atoms with Crippen LogP contribution in [0.4, 0.5) is 5.82 Å². The molecular formula is C14H23N3. The Labute approximate surface area is 104 Å². The second kappa shape index (κ2) is 5.03. The third-order valence-electron chi connectivity index (χ3n) is 3.75. The molecule has 0 N–H and O–H groups in total. The molecule has 17 heavy (non-hydrogen) atoms. The summed E-state index contributed by atoms with van der Waals surface area (Å²) < 4.78 is 0. The van der Waals surface area contributed by atoms with Crippen molar-refractivity contribution in [3.63, 3.8) is 0 Å². The fourth-order valence-corrected chi connectivity index (χ4v) is 2.93.